The Bertz CT molecular complexity index is 2080. The number of rotatable bonds is 14. The number of ether oxygens (including phenoxy) is 8. The van der Waals surface area contributed by atoms with Crippen LogP contribution in [-0.4, -0.2) is 210 Å². The summed E-state index contributed by atoms with van der Waals surface area (Å²) in [5.41, 5.74) is 6.77. The minimum Gasteiger partial charge on any atom is -0.394 e. The molecular weight excluding hydrogens is 957 g/mol. The Morgan fingerprint density at radius 2 is 1.21 bits per heavy atom. The summed E-state index contributed by atoms with van der Waals surface area (Å²) in [4.78, 5) is 0. The molecule has 0 radical (unpaired) electrons. The molecule has 9 rings (SSSR count). The zero-order valence-corrected chi connectivity index (χ0v) is 42.8. The predicted octanol–water partition coefficient (Wildman–Crippen LogP) is -0.755. The summed E-state index contributed by atoms with van der Waals surface area (Å²) < 4.78 is 48.1. The zero-order chi connectivity index (χ0) is 52.6. The number of hydrogen-bond acceptors (Lipinski definition) is 20. The lowest BCUT2D eigenvalue weighted by Crippen LogP contribution is -2.66. The largest absolute Gasteiger partial charge is 0.394 e. The minimum atomic E-state index is -1.74. The summed E-state index contributed by atoms with van der Waals surface area (Å²) in [5, 5.41) is 127. The summed E-state index contributed by atoms with van der Waals surface area (Å²) in [6, 6.07) is 4.60. The van der Waals surface area contributed by atoms with Crippen LogP contribution in [0.2, 0.25) is 0 Å². The molecular formula is C53H82O20. The van der Waals surface area contributed by atoms with E-state index in [9.17, 15) is 61.3 Å². The summed E-state index contributed by atoms with van der Waals surface area (Å²) in [6.45, 7) is 11.2. The van der Waals surface area contributed by atoms with Crippen LogP contribution in [0.3, 0.4) is 0 Å². The number of benzene rings is 1. The van der Waals surface area contributed by atoms with Gasteiger partial charge < -0.3 is 99.2 Å². The smallest absolute Gasteiger partial charge is 0.187 e. The molecule has 27 atom stereocenters. The molecule has 20 nitrogen and oxygen atoms in total. The second kappa shape index (κ2) is 22.1. The van der Waals surface area contributed by atoms with Crippen LogP contribution in [0, 0.1) is 36.0 Å². The molecule has 0 amide bonds. The van der Waals surface area contributed by atoms with Gasteiger partial charge in [0.05, 0.1) is 38.1 Å². The van der Waals surface area contributed by atoms with Crippen molar-refractivity contribution < 1.29 is 99.2 Å². The van der Waals surface area contributed by atoms with E-state index in [1.807, 2.05) is 0 Å². The number of fused-ring (bicyclic) bond motifs is 7. The fourth-order valence-corrected chi connectivity index (χ4v) is 14.2. The highest BCUT2D eigenvalue weighted by molar-refractivity contribution is 5.50. The van der Waals surface area contributed by atoms with Crippen LogP contribution in [0.1, 0.15) is 102 Å². The summed E-state index contributed by atoms with van der Waals surface area (Å²) >= 11 is 0. The highest BCUT2D eigenvalue weighted by atomic mass is 16.8. The molecule has 1 unspecified atom stereocenters. The Hall–Kier alpha value is -1.84. The van der Waals surface area contributed by atoms with E-state index in [-0.39, 0.29) is 23.4 Å². The molecule has 0 spiro atoms. The fourth-order valence-electron chi connectivity index (χ4n) is 14.2. The second-order valence-electron chi connectivity index (χ2n) is 23.3. The van der Waals surface area contributed by atoms with E-state index < -0.39 is 142 Å². The van der Waals surface area contributed by atoms with Crippen LogP contribution in [0.5, 0.6) is 0 Å². The standard InChI is InChI=1S/C53H82O20/c1-22(21-66-48-42(62)41(61)38(58)33(19-54)70-48)7-8-26-9-10-27-17-32-30-12-11-28-18-29(13-15-52(28,5)31(30)14-16-53(32,6)35(27)23(26)2)69-51-47(73-50-44(64)40(60)37(57)25(4)68-50)45(65)46(34(20-55)71-51)72-49-43(63)39(59)36(56)24(3)67-49/h9-11,22,24-25,29-34,36-51,54-65H,7-8,12-21H2,1-6H3/t22?,24-,25-,29-,30+,31-,32-,33+,34+,36-,37-,38+,39+,40+,41-,42+,43+,44+,45-,46+,47+,48+,49-,50-,51+,52-,53-/m0/s1. The molecule has 20 heteroatoms. The van der Waals surface area contributed by atoms with Crippen molar-refractivity contribution in [2.75, 3.05) is 19.8 Å². The Labute approximate surface area is 426 Å². The highest BCUT2D eigenvalue weighted by Gasteiger charge is 2.59. The number of hydrogen-bond donors (Lipinski definition) is 12. The highest BCUT2D eigenvalue weighted by Crippen LogP contribution is 2.65. The number of aryl methyl sites for hydroxylation is 1. The third-order valence-corrected chi connectivity index (χ3v) is 18.7. The van der Waals surface area contributed by atoms with Gasteiger partial charge in [0.2, 0.25) is 0 Å². The zero-order valence-electron chi connectivity index (χ0n) is 42.8. The maximum atomic E-state index is 12.1. The van der Waals surface area contributed by atoms with Crippen molar-refractivity contribution in [1.29, 1.82) is 0 Å². The summed E-state index contributed by atoms with van der Waals surface area (Å²) in [6.07, 6.45) is -18.6. The normalized spacial score (nSPS) is 49.3. The SMILES string of the molecule is Cc1c(CCC(C)CO[C@@H]2O[C@H](CO)[C@@H](O)[C@H](O)[C@H]2O)ccc2c1[C@@]1(C)CC[C@H]3[C@@H](CC=C4C[C@@H](O[C@@H]5O[C@H](CO)[C@@H](O[C@@H]6O[C@@H](C)[C@H](O)[C@@H](O)[C@H]6O)[C@H](O)[C@H]5O[C@@H]5O[C@@H](C)[C@H](O)[C@@H](O)[C@H]5O)CC[C@@]43C)[C@@H]1C2. The van der Waals surface area contributed by atoms with Crippen molar-refractivity contribution in [1.82, 2.24) is 0 Å². The van der Waals surface area contributed by atoms with Gasteiger partial charge in [0, 0.05) is 0 Å². The van der Waals surface area contributed by atoms with E-state index in [2.05, 4.69) is 45.9 Å². The first-order valence-corrected chi connectivity index (χ1v) is 26.6. The van der Waals surface area contributed by atoms with E-state index in [1.54, 1.807) is 0 Å². The molecule has 12 N–H and O–H groups in total. The average molecular weight is 1040 g/mol. The van der Waals surface area contributed by atoms with Crippen LogP contribution in [0.4, 0.5) is 0 Å². The third kappa shape index (κ3) is 10.3. The number of aliphatic hydroxyl groups excluding tert-OH is 12. The van der Waals surface area contributed by atoms with E-state index in [0.29, 0.717) is 30.6 Å². The van der Waals surface area contributed by atoms with Crippen LogP contribution in [-0.2, 0) is 56.2 Å². The van der Waals surface area contributed by atoms with Gasteiger partial charge in [-0.2, -0.15) is 0 Å². The van der Waals surface area contributed by atoms with E-state index in [0.717, 1.165) is 44.9 Å². The number of allylic oxidation sites excluding steroid dienone is 1. The van der Waals surface area contributed by atoms with Crippen molar-refractivity contribution in [3.63, 3.8) is 0 Å². The van der Waals surface area contributed by atoms with Gasteiger partial charge in [0.15, 0.2) is 25.2 Å². The first kappa shape index (κ1) is 55.9. The number of aliphatic hydroxyl groups is 12. The molecule has 414 valence electrons. The van der Waals surface area contributed by atoms with Gasteiger partial charge in [-0.3, -0.25) is 0 Å². The molecule has 0 bridgehead atoms. The lowest BCUT2D eigenvalue weighted by atomic mass is 9.47. The molecule has 4 saturated heterocycles. The summed E-state index contributed by atoms with van der Waals surface area (Å²) in [5.74, 6) is 1.47. The topological polar surface area (TPSA) is 317 Å². The lowest BCUT2D eigenvalue weighted by molar-refractivity contribution is -0.388. The second-order valence-corrected chi connectivity index (χ2v) is 23.3. The molecule has 73 heavy (non-hydrogen) atoms. The first-order chi connectivity index (χ1) is 34.6. The molecule has 2 saturated carbocycles. The van der Waals surface area contributed by atoms with Crippen LogP contribution in [0.15, 0.2) is 23.8 Å². The van der Waals surface area contributed by atoms with Gasteiger partial charge >= 0.3 is 0 Å². The van der Waals surface area contributed by atoms with E-state index >= 15 is 0 Å². The molecule has 6 fully saturated rings. The van der Waals surface area contributed by atoms with Gasteiger partial charge in [0.25, 0.3) is 0 Å². The minimum absolute atomic E-state index is 0.0114. The van der Waals surface area contributed by atoms with Crippen LogP contribution in [0.25, 0.3) is 0 Å². The molecule has 8 aliphatic rings. The first-order valence-electron chi connectivity index (χ1n) is 26.6. The quantitative estimate of drug-likeness (QED) is 0.102. The lowest BCUT2D eigenvalue weighted by Gasteiger charge is -2.58. The molecule has 1 aromatic rings. The van der Waals surface area contributed by atoms with Gasteiger partial charge in [-0.15, -0.1) is 0 Å². The Morgan fingerprint density at radius 3 is 1.85 bits per heavy atom. The molecule has 1 aromatic carbocycles. The van der Waals surface area contributed by atoms with Gasteiger partial charge in [-0.25, -0.2) is 0 Å². The molecule has 4 aliphatic heterocycles. The van der Waals surface area contributed by atoms with Gasteiger partial charge in [-0.1, -0.05) is 44.6 Å². The molecule has 4 heterocycles. The third-order valence-electron chi connectivity index (χ3n) is 18.7. The van der Waals surface area contributed by atoms with Gasteiger partial charge in [0.1, 0.15) is 85.5 Å². The monoisotopic (exact) mass is 1040 g/mol. The average Bonchev–Trinajstić information content (AvgIpc) is 3.69. The Balaban J connectivity index is 0.867. The molecule has 4 aliphatic carbocycles. The fraction of sp³-hybridized carbons (Fsp3) is 0.849. The van der Waals surface area contributed by atoms with Gasteiger partial charge in [-0.05, 0) is 135 Å². The Kier molecular flexibility index (Phi) is 16.9. The van der Waals surface area contributed by atoms with Crippen molar-refractivity contribution >= 4 is 0 Å². The van der Waals surface area contributed by atoms with Crippen molar-refractivity contribution in [2.45, 2.75) is 234 Å². The van der Waals surface area contributed by atoms with Crippen molar-refractivity contribution in [3.05, 3.63) is 46.0 Å². The van der Waals surface area contributed by atoms with Crippen molar-refractivity contribution in [2.24, 2.45) is 29.1 Å². The van der Waals surface area contributed by atoms with E-state index in [4.69, 9.17) is 37.9 Å². The van der Waals surface area contributed by atoms with Crippen molar-refractivity contribution in [3.8, 4) is 0 Å². The van der Waals surface area contributed by atoms with Crippen LogP contribution >= 0.6 is 0 Å². The Morgan fingerprint density at radius 1 is 0.616 bits per heavy atom. The maximum absolute atomic E-state index is 12.1. The van der Waals surface area contributed by atoms with E-state index in [1.165, 1.54) is 41.7 Å². The maximum Gasteiger partial charge on any atom is 0.187 e. The predicted molar refractivity (Wildman–Crippen MR) is 255 cm³/mol. The van der Waals surface area contributed by atoms with Crippen LogP contribution < -0.4 is 0 Å². The summed E-state index contributed by atoms with van der Waals surface area (Å²) in [7, 11) is 0. The molecule has 0 aromatic heterocycles.